The van der Waals surface area contributed by atoms with Crippen LogP contribution in [-0.4, -0.2) is 5.91 Å². The van der Waals surface area contributed by atoms with E-state index in [1.165, 1.54) is 18.2 Å². The van der Waals surface area contributed by atoms with Crippen molar-refractivity contribution in [2.75, 3.05) is 0 Å². The van der Waals surface area contributed by atoms with Gasteiger partial charge in [-0.05, 0) is 53.2 Å². The number of carbonyl (C=O) groups excluding carboxylic acids is 1. The van der Waals surface area contributed by atoms with Crippen LogP contribution >= 0.6 is 15.9 Å². The second-order valence-electron chi connectivity index (χ2n) is 5.01. The number of carbonyl (C=O) groups is 1. The maximum atomic E-state index is 13.3. The smallest absolute Gasteiger partial charge is 0.253 e. The lowest BCUT2D eigenvalue weighted by Crippen LogP contribution is -2.26. The Labute approximate surface area is 135 Å². The monoisotopic (exact) mass is 361 g/mol. The van der Waals surface area contributed by atoms with E-state index in [4.69, 9.17) is 4.42 Å². The van der Waals surface area contributed by atoms with Gasteiger partial charge in [-0.25, -0.2) is 4.39 Å². The zero-order chi connectivity index (χ0) is 15.7. The lowest BCUT2D eigenvalue weighted by molar-refractivity contribution is 0.0934. The highest BCUT2D eigenvalue weighted by atomic mass is 79.9. The number of amides is 1. The van der Waals surface area contributed by atoms with E-state index in [1.807, 2.05) is 37.3 Å². The van der Waals surface area contributed by atoms with E-state index in [-0.39, 0.29) is 17.5 Å². The summed E-state index contributed by atoms with van der Waals surface area (Å²) in [6.45, 7) is 1.82. The van der Waals surface area contributed by atoms with Gasteiger partial charge < -0.3 is 9.73 Å². The number of rotatable bonds is 3. The molecule has 1 aromatic heterocycles. The number of fused-ring (bicyclic) bond motifs is 1. The summed E-state index contributed by atoms with van der Waals surface area (Å²) in [6, 6.07) is 13.2. The third kappa shape index (κ3) is 2.90. The second-order valence-corrected chi connectivity index (χ2v) is 5.86. The molecule has 3 nitrogen and oxygen atoms in total. The van der Waals surface area contributed by atoms with Gasteiger partial charge in [-0.1, -0.05) is 18.2 Å². The number of nitrogens with one attached hydrogen (secondary N) is 1. The summed E-state index contributed by atoms with van der Waals surface area (Å²) in [4.78, 5) is 12.3. The quantitative estimate of drug-likeness (QED) is 0.726. The molecule has 0 aliphatic heterocycles. The van der Waals surface area contributed by atoms with Gasteiger partial charge >= 0.3 is 0 Å². The number of hydrogen-bond donors (Lipinski definition) is 1. The molecule has 112 valence electrons. The molecule has 1 unspecified atom stereocenters. The van der Waals surface area contributed by atoms with Crippen molar-refractivity contribution >= 4 is 32.8 Å². The van der Waals surface area contributed by atoms with Gasteiger partial charge in [0.05, 0.1) is 11.6 Å². The molecule has 5 heteroatoms. The van der Waals surface area contributed by atoms with Gasteiger partial charge in [0.2, 0.25) is 0 Å². The average molecular weight is 362 g/mol. The van der Waals surface area contributed by atoms with Crippen LogP contribution in [0.25, 0.3) is 11.0 Å². The van der Waals surface area contributed by atoms with E-state index in [0.29, 0.717) is 10.2 Å². The van der Waals surface area contributed by atoms with Crippen molar-refractivity contribution in [3.05, 3.63) is 70.1 Å². The Morgan fingerprint density at radius 3 is 2.77 bits per heavy atom. The molecule has 1 N–H and O–H groups in total. The summed E-state index contributed by atoms with van der Waals surface area (Å²) >= 11 is 3.25. The molecule has 0 bridgehead atoms. The van der Waals surface area contributed by atoms with Crippen molar-refractivity contribution in [2.24, 2.45) is 0 Å². The number of benzene rings is 2. The van der Waals surface area contributed by atoms with Crippen molar-refractivity contribution in [2.45, 2.75) is 13.0 Å². The number of furan rings is 1. The Morgan fingerprint density at radius 1 is 1.23 bits per heavy atom. The first-order chi connectivity index (χ1) is 10.5. The zero-order valence-corrected chi connectivity index (χ0v) is 13.4. The zero-order valence-electron chi connectivity index (χ0n) is 11.8. The Bertz CT molecular complexity index is 811. The number of hydrogen-bond acceptors (Lipinski definition) is 2. The minimum Gasteiger partial charge on any atom is -0.459 e. The highest BCUT2D eigenvalue weighted by Gasteiger charge is 2.17. The third-order valence-electron chi connectivity index (χ3n) is 3.39. The van der Waals surface area contributed by atoms with Gasteiger partial charge in [0.25, 0.3) is 5.91 Å². The largest absolute Gasteiger partial charge is 0.459 e. The summed E-state index contributed by atoms with van der Waals surface area (Å²) in [6.07, 6.45) is 0. The first-order valence-corrected chi connectivity index (χ1v) is 7.58. The molecule has 0 aliphatic carbocycles. The molecule has 0 radical (unpaired) electrons. The molecular weight excluding hydrogens is 349 g/mol. The molecule has 22 heavy (non-hydrogen) atoms. The number of para-hydroxylation sites is 1. The summed E-state index contributed by atoms with van der Waals surface area (Å²) in [5.74, 6) is -0.161. The SMILES string of the molecule is CC(NC(=O)c1cc(F)ccc1Br)c1cc2ccccc2o1. The first-order valence-electron chi connectivity index (χ1n) is 6.79. The van der Waals surface area contributed by atoms with E-state index in [2.05, 4.69) is 21.2 Å². The van der Waals surface area contributed by atoms with Gasteiger partial charge in [-0.2, -0.15) is 0 Å². The van der Waals surface area contributed by atoms with Crippen molar-refractivity contribution in [1.82, 2.24) is 5.32 Å². The van der Waals surface area contributed by atoms with E-state index >= 15 is 0 Å². The summed E-state index contributed by atoms with van der Waals surface area (Å²) < 4.78 is 19.6. The molecule has 3 aromatic rings. The Morgan fingerprint density at radius 2 is 2.00 bits per heavy atom. The molecule has 0 fully saturated rings. The molecule has 1 amide bonds. The van der Waals surface area contributed by atoms with Crippen LogP contribution in [0.1, 0.15) is 29.1 Å². The maximum absolute atomic E-state index is 13.3. The molecule has 0 saturated heterocycles. The standard InChI is InChI=1S/C17H13BrFNO2/c1-10(16-8-11-4-2-3-5-15(11)22-16)20-17(21)13-9-12(19)6-7-14(13)18/h2-10H,1H3,(H,20,21). The van der Waals surface area contributed by atoms with E-state index in [9.17, 15) is 9.18 Å². The van der Waals surface area contributed by atoms with Gasteiger partial charge in [0, 0.05) is 9.86 Å². The highest BCUT2D eigenvalue weighted by molar-refractivity contribution is 9.10. The van der Waals surface area contributed by atoms with Crippen LogP contribution in [0.2, 0.25) is 0 Å². The Balaban J connectivity index is 1.82. The summed E-state index contributed by atoms with van der Waals surface area (Å²) in [5.41, 5.74) is 1.02. The van der Waals surface area contributed by atoms with Crippen LogP contribution in [0.3, 0.4) is 0 Å². The van der Waals surface area contributed by atoms with Crippen LogP contribution in [0.4, 0.5) is 4.39 Å². The molecule has 0 spiro atoms. The van der Waals surface area contributed by atoms with Gasteiger partial charge in [0.1, 0.15) is 17.2 Å². The lowest BCUT2D eigenvalue weighted by atomic mass is 10.1. The van der Waals surface area contributed by atoms with Gasteiger partial charge in [0.15, 0.2) is 0 Å². The van der Waals surface area contributed by atoms with Gasteiger partial charge in [-0.3, -0.25) is 4.79 Å². The fourth-order valence-corrected chi connectivity index (χ4v) is 2.66. The molecule has 0 aliphatic rings. The summed E-state index contributed by atoms with van der Waals surface area (Å²) in [7, 11) is 0. The van der Waals surface area contributed by atoms with Crippen molar-refractivity contribution in [3.8, 4) is 0 Å². The third-order valence-corrected chi connectivity index (χ3v) is 4.08. The molecule has 1 heterocycles. The first kappa shape index (κ1) is 14.8. The van der Waals surface area contributed by atoms with E-state index in [0.717, 1.165) is 11.0 Å². The fourth-order valence-electron chi connectivity index (χ4n) is 2.23. The topological polar surface area (TPSA) is 42.2 Å². The van der Waals surface area contributed by atoms with Crippen LogP contribution in [-0.2, 0) is 0 Å². The van der Waals surface area contributed by atoms with E-state index in [1.54, 1.807) is 0 Å². The average Bonchev–Trinajstić information content (AvgIpc) is 2.93. The van der Waals surface area contributed by atoms with Crippen molar-refractivity contribution < 1.29 is 13.6 Å². The van der Waals surface area contributed by atoms with Crippen LogP contribution in [0.5, 0.6) is 0 Å². The second kappa shape index (κ2) is 5.93. The molecular formula is C17H13BrFNO2. The minimum atomic E-state index is -0.454. The minimum absolute atomic E-state index is 0.253. The molecule has 1 atom stereocenters. The van der Waals surface area contributed by atoms with Crippen LogP contribution in [0.15, 0.2) is 57.4 Å². The number of halogens is 2. The van der Waals surface area contributed by atoms with Crippen molar-refractivity contribution in [3.63, 3.8) is 0 Å². The molecule has 0 saturated carbocycles. The van der Waals surface area contributed by atoms with E-state index < -0.39 is 5.82 Å². The predicted octanol–water partition coefficient (Wildman–Crippen LogP) is 4.83. The van der Waals surface area contributed by atoms with Gasteiger partial charge in [-0.15, -0.1) is 0 Å². The lowest BCUT2D eigenvalue weighted by Gasteiger charge is -2.12. The molecule has 3 rings (SSSR count). The van der Waals surface area contributed by atoms with Crippen molar-refractivity contribution in [1.29, 1.82) is 0 Å². The van der Waals surface area contributed by atoms with Crippen LogP contribution < -0.4 is 5.32 Å². The fraction of sp³-hybridized carbons (Fsp3) is 0.118. The Kier molecular flexibility index (Phi) is 3.98. The summed E-state index contributed by atoms with van der Waals surface area (Å²) in [5, 5.41) is 3.79. The molecule has 2 aromatic carbocycles. The predicted molar refractivity (Wildman–Crippen MR) is 86.2 cm³/mol. The normalized spacial score (nSPS) is 12.3. The van der Waals surface area contributed by atoms with Crippen LogP contribution in [0, 0.1) is 5.82 Å². The maximum Gasteiger partial charge on any atom is 0.253 e. The highest BCUT2D eigenvalue weighted by Crippen LogP contribution is 2.24. The Hall–Kier alpha value is -2.14.